The van der Waals surface area contributed by atoms with Crippen molar-refractivity contribution >= 4 is 33.5 Å². The third kappa shape index (κ3) is 4.89. The fourth-order valence-corrected chi connectivity index (χ4v) is 4.49. The Morgan fingerprint density at radius 2 is 1.61 bits per heavy atom. The monoisotopic (exact) mass is 424 g/mol. The normalized spacial score (nSPS) is 11.4. The van der Waals surface area contributed by atoms with Crippen molar-refractivity contribution < 1.29 is 22.7 Å². The zero-order valence-corrected chi connectivity index (χ0v) is 17.1. The molecule has 28 heavy (non-hydrogen) atoms. The number of nitrogens with two attached hydrogens (primary N) is 1. The molecule has 0 aromatic heterocycles. The molecule has 9 heteroatoms. The van der Waals surface area contributed by atoms with Gasteiger partial charge in [0.1, 0.15) is 11.5 Å². The average Bonchev–Trinajstić information content (AvgIpc) is 2.67. The predicted molar refractivity (Wildman–Crippen MR) is 106 cm³/mol. The topological polar surface area (TPSA) is 107 Å². The van der Waals surface area contributed by atoms with Gasteiger partial charge < -0.3 is 10.5 Å². The van der Waals surface area contributed by atoms with Gasteiger partial charge in [0.05, 0.1) is 10.6 Å². The molecule has 0 aliphatic heterocycles. The summed E-state index contributed by atoms with van der Waals surface area (Å²) in [5.74, 6) is -1.24. The second kappa shape index (κ2) is 9.18. The lowest BCUT2D eigenvalue weighted by Crippen LogP contribution is -2.31. The van der Waals surface area contributed by atoms with Crippen LogP contribution in [0.1, 0.15) is 40.1 Å². The molecule has 0 heterocycles. The van der Waals surface area contributed by atoms with Crippen LogP contribution in [0.5, 0.6) is 0 Å². The molecular weight excluding hydrogens is 404 g/mol. The van der Waals surface area contributed by atoms with Crippen LogP contribution in [0.2, 0.25) is 5.02 Å². The van der Waals surface area contributed by atoms with E-state index in [9.17, 15) is 18.0 Å². The van der Waals surface area contributed by atoms with Crippen LogP contribution < -0.4 is 5.73 Å². The lowest BCUT2D eigenvalue weighted by atomic mass is 10.1. The second-order valence-corrected chi connectivity index (χ2v) is 8.19. The number of carbonyl (C=O) groups is 2. The first-order chi connectivity index (χ1) is 13.2. The molecule has 0 saturated carbocycles. The Balaban J connectivity index is 2.19. The van der Waals surface area contributed by atoms with Crippen LogP contribution >= 0.6 is 11.6 Å². The van der Waals surface area contributed by atoms with E-state index in [1.165, 1.54) is 34.6 Å². The largest absolute Gasteiger partial charge is 0.457 e. The molecule has 0 fully saturated rings. The number of amides is 1. The summed E-state index contributed by atoms with van der Waals surface area (Å²) in [7, 11) is -3.82. The first-order valence-electron chi connectivity index (χ1n) is 8.56. The molecule has 150 valence electrons. The number of nitrogens with zero attached hydrogens (tertiary/aromatic N) is 1. The molecule has 0 spiro atoms. The predicted octanol–water partition coefficient (Wildman–Crippen LogP) is 2.83. The molecule has 2 N–H and O–H groups in total. The third-order valence-electron chi connectivity index (χ3n) is 4.10. The molecule has 0 saturated heterocycles. The highest BCUT2D eigenvalue weighted by Crippen LogP contribution is 2.26. The molecule has 0 atom stereocenters. The van der Waals surface area contributed by atoms with Gasteiger partial charge in [0.25, 0.3) is 0 Å². The van der Waals surface area contributed by atoms with Crippen LogP contribution in [0, 0.1) is 0 Å². The van der Waals surface area contributed by atoms with Crippen molar-refractivity contribution in [3.05, 3.63) is 64.2 Å². The van der Waals surface area contributed by atoms with Gasteiger partial charge in [0.15, 0.2) is 0 Å². The highest BCUT2D eigenvalue weighted by Gasteiger charge is 2.25. The summed E-state index contributed by atoms with van der Waals surface area (Å²) in [6.07, 6.45) is 0. The molecule has 0 unspecified atom stereocenters. The first kappa shape index (κ1) is 21.9. The van der Waals surface area contributed by atoms with E-state index >= 15 is 0 Å². The summed E-state index contributed by atoms with van der Waals surface area (Å²) < 4.78 is 31.9. The molecule has 2 rings (SSSR count). The molecule has 2 aromatic carbocycles. The van der Waals surface area contributed by atoms with Gasteiger partial charge in [-0.25, -0.2) is 13.2 Å². The van der Waals surface area contributed by atoms with E-state index in [-0.39, 0.29) is 35.2 Å². The molecule has 1 amide bonds. The molecule has 7 nitrogen and oxygen atoms in total. The van der Waals surface area contributed by atoms with Gasteiger partial charge in [-0.1, -0.05) is 37.6 Å². The number of primary amides is 1. The Bertz CT molecular complexity index is 970. The summed E-state index contributed by atoms with van der Waals surface area (Å²) >= 11 is 6.06. The number of hydrogen-bond donors (Lipinski definition) is 1. The SMILES string of the molecule is CCN(CC)S(=O)(=O)c1cc(C(=O)OCc2ccc(C(N)=O)cc2)ccc1Cl. The van der Waals surface area contributed by atoms with Crippen LogP contribution in [0.25, 0.3) is 0 Å². The number of benzene rings is 2. The molecule has 0 bridgehead atoms. The summed E-state index contributed by atoms with van der Waals surface area (Å²) in [6.45, 7) is 3.96. The maximum atomic E-state index is 12.7. The summed E-state index contributed by atoms with van der Waals surface area (Å²) in [5, 5.41) is 0.0329. The summed E-state index contributed by atoms with van der Waals surface area (Å²) in [5.41, 5.74) is 6.25. The molecule has 0 radical (unpaired) electrons. The van der Waals surface area contributed by atoms with Crippen LogP contribution in [-0.2, 0) is 21.4 Å². The van der Waals surface area contributed by atoms with E-state index in [1.54, 1.807) is 26.0 Å². The minimum atomic E-state index is -3.82. The Kier molecular flexibility index (Phi) is 7.17. The summed E-state index contributed by atoms with van der Waals surface area (Å²) in [4.78, 5) is 23.3. The van der Waals surface area contributed by atoms with Gasteiger partial charge in [-0.2, -0.15) is 4.31 Å². The second-order valence-electron chi connectivity index (χ2n) is 5.87. The molecule has 0 aliphatic rings. The van der Waals surface area contributed by atoms with Gasteiger partial charge in [-0.15, -0.1) is 0 Å². The highest BCUT2D eigenvalue weighted by atomic mass is 35.5. The fraction of sp³-hybridized carbons (Fsp3) is 0.263. The van der Waals surface area contributed by atoms with E-state index in [4.69, 9.17) is 22.1 Å². The summed E-state index contributed by atoms with van der Waals surface area (Å²) in [6, 6.07) is 10.3. The van der Waals surface area contributed by atoms with Gasteiger partial charge in [-0.3, -0.25) is 4.79 Å². The lowest BCUT2D eigenvalue weighted by Gasteiger charge is -2.19. The zero-order valence-electron chi connectivity index (χ0n) is 15.5. The van der Waals surface area contributed by atoms with Crippen molar-refractivity contribution in [2.24, 2.45) is 5.73 Å². The van der Waals surface area contributed by atoms with Crippen molar-refractivity contribution in [3.8, 4) is 0 Å². The standard InChI is InChI=1S/C19H21ClN2O5S/c1-3-22(4-2)28(25,26)17-11-15(9-10-16(17)20)19(24)27-12-13-5-7-14(8-6-13)18(21)23/h5-11H,3-4,12H2,1-2H3,(H2,21,23). The minimum absolute atomic E-state index is 0.0329. The van der Waals surface area contributed by atoms with Crippen LogP contribution in [0.3, 0.4) is 0 Å². The van der Waals surface area contributed by atoms with Crippen molar-refractivity contribution in [2.45, 2.75) is 25.3 Å². The van der Waals surface area contributed by atoms with Gasteiger partial charge in [0.2, 0.25) is 15.9 Å². The van der Waals surface area contributed by atoms with Crippen molar-refractivity contribution in [1.82, 2.24) is 4.31 Å². The van der Waals surface area contributed by atoms with Crippen LogP contribution in [0.15, 0.2) is 47.4 Å². The fourth-order valence-electron chi connectivity index (χ4n) is 2.53. The number of ether oxygens (including phenoxy) is 1. The smallest absolute Gasteiger partial charge is 0.338 e. The quantitative estimate of drug-likeness (QED) is 0.655. The van der Waals surface area contributed by atoms with Crippen molar-refractivity contribution in [3.63, 3.8) is 0 Å². The van der Waals surface area contributed by atoms with E-state index in [2.05, 4.69) is 0 Å². The van der Waals surface area contributed by atoms with Crippen LogP contribution in [0.4, 0.5) is 0 Å². The number of esters is 1. The van der Waals surface area contributed by atoms with Gasteiger partial charge >= 0.3 is 5.97 Å². The van der Waals surface area contributed by atoms with Gasteiger partial charge in [0, 0.05) is 18.7 Å². The number of sulfonamides is 1. The zero-order chi connectivity index (χ0) is 20.9. The minimum Gasteiger partial charge on any atom is -0.457 e. The van der Waals surface area contributed by atoms with Crippen molar-refractivity contribution in [2.75, 3.05) is 13.1 Å². The number of halogens is 1. The van der Waals surface area contributed by atoms with Crippen LogP contribution in [-0.4, -0.2) is 37.7 Å². The van der Waals surface area contributed by atoms with E-state index in [0.717, 1.165) is 0 Å². The first-order valence-corrected chi connectivity index (χ1v) is 10.4. The Morgan fingerprint density at radius 1 is 1.04 bits per heavy atom. The number of hydrogen-bond acceptors (Lipinski definition) is 5. The molecule has 2 aromatic rings. The maximum Gasteiger partial charge on any atom is 0.338 e. The number of rotatable bonds is 8. The van der Waals surface area contributed by atoms with Crippen molar-refractivity contribution in [1.29, 1.82) is 0 Å². The maximum absolute atomic E-state index is 12.7. The van der Waals surface area contributed by atoms with E-state index in [0.29, 0.717) is 11.1 Å². The number of carbonyl (C=O) groups excluding carboxylic acids is 2. The Hall–Kier alpha value is -2.42. The average molecular weight is 425 g/mol. The Morgan fingerprint density at radius 3 is 2.14 bits per heavy atom. The molecule has 0 aliphatic carbocycles. The van der Waals surface area contributed by atoms with E-state index in [1.807, 2.05) is 0 Å². The highest BCUT2D eigenvalue weighted by molar-refractivity contribution is 7.89. The Labute approximate surface area is 169 Å². The van der Waals surface area contributed by atoms with Gasteiger partial charge in [-0.05, 0) is 35.9 Å². The lowest BCUT2D eigenvalue weighted by molar-refractivity contribution is 0.0472. The third-order valence-corrected chi connectivity index (χ3v) is 6.63. The van der Waals surface area contributed by atoms with E-state index < -0.39 is 21.9 Å². The molecular formula is C19H21ClN2O5S.